The maximum absolute atomic E-state index is 10.9. The van der Waals surface area contributed by atoms with Crippen LogP contribution in [0.15, 0.2) is 11.6 Å². The third-order valence-corrected chi connectivity index (χ3v) is 1.37. The molecule has 0 atom stereocenters. The molecule has 0 radical (unpaired) electrons. The lowest BCUT2D eigenvalue weighted by molar-refractivity contribution is -0.134. The average Bonchev–Trinajstić information content (AvgIpc) is 2.00. The molecule has 0 bridgehead atoms. The van der Waals surface area contributed by atoms with E-state index in [4.69, 9.17) is 0 Å². The van der Waals surface area contributed by atoms with E-state index in [2.05, 4.69) is 0 Å². The van der Waals surface area contributed by atoms with Gasteiger partial charge >= 0.3 is 0 Å². The molecule has 56 valence electrons. The highest BCUT2D eigenvalue weighted by molar-refractivity contribution is 6.43. The molecule has 2 nitrogen and oxygen atoms in total. The summed E-state index contributed by atoms with van der Waals surface area (Å²) in [5, 5.41) is 0. The van der Waals surface area contributed by atoms with Crippen LogP contribution in [0.25, 0.3) is 0 Å². The zero-order valence-corrected chi connectivity index (χ0v) is 6.60. The van der Waals surface area contributed by atoms with E-state index in [1.54, 1.807) is 26.8 Å². The van der Waals surface area contributed by atoms with E-state index in [1.165, 1.54) is 0 Å². The molecule has 0 N–H and O–H groups in total. The first-order valence-corrected chi connectivity index (χ1v) is 3.33. The smallest absolute Gasteiger partial charge is 0.223 e. The van der Waals surface area contributed by atoms with Crippen LogP contribution in [0.2, 0.25) is 0 Å². The van der Waals surface area contributed by atoms with E-state index >= 15 is 0 Å². The number of carbonyl (C=O) groups excluding carboxylic acids is 2. The first kappa shape index (κ1) is 9.08. The lowest BCUT2D eigenvalue weighted by Crippen LogP contribution is -2.12. The van der Waals surface area contributed by atoms with Crippen LogP contribution in [0, 0.1) is 0 Å². The molecule has 0 unspecified atom stereocenters. The van der Waals surface area contributed by atoms with Gasteiger partial charge in [0, 0.05) is 6.42 Å². The van der Waals surface area contributed by atoms with Crippen molar-refractivity contribution < 1.29 is 9.59 Å². The molecule has 0 rings (SSSR count). The van der Waals surface area contributed by atoms with E-state index in [0.717, 1.165) is 0 Å². The van der Waals surface area contributed by atoms with Crippen molar-refractivity contribution in [3.63, 3.8) is 0 Å². The second-order valence-electron chi connectivity index (χ2n) is 2.08. The minimum atomic E-state index is -0.356. The molecule has 0 aliphatic heterocycles. The van der Waals surface area contributed by atoms with Crippen molar-refractivity contribution in [1.82, 2.24) is 0 Å². The van der Waals surface area contributed by atoms with Gasteiger partial charge in [-0.3, -0.25) is 9.59 Å². The highest BCUT2D eigenvalue weighted by atomic mass is 16.2. The molecule has 10 heavy (non-hydrogen) atoms. The Morgan fingerprint density at radius 2 is 1.90 bits per heavy atom. The molecule has 0 aromatic carbocycles. The van der Waals surface area contributed by atoms with Crippen LogP contribution in [0.4, 0.5) is 0 Å². The van der Waals surface area contributed by atoms with Gasteiger partial charge in [-0.1, -0.05) is 13.0 Å². The number of Topliss-reactive ketones (excluding diaryl/α,β-unsaturated/α-hetero) is 2. The van der Waals surface area contributed by atoms with Crippen LogP contribution in [0.5, 0.6) is 0 Å². The number of rotatable bonds is 3. The van der Waals surface area contributed by atoms with Gasteiger partial charge in [0.1, 0.15) is 0 Å². The second-order valence-corrected chi connectivity index (χ2v) is 2.08. The maximum Gasteiger partial charge on any atom is 0.223 e. The van der Waals surface area contributed by atoms with Crippen LogP contribution in [-0.2, 0) is 9.59 Å². The van der Waals surface area contributed by atoms with E-state index < -0.39 is 0 Å². The minimum Gasteiger partial charge on any atom is -0.291 e. The lowest BCUT2D eigenvalue weighted by Gasteiger charge is -1.94. The summed E-state index contributed by atoms with van der Waals surface area (Å²) in [6, 6.07) is 0. The van der Waals surface area contributed by atoms with Crippen molar-refractivity contribution in [2.24, 2.45) is 0 Å². The Morgan fingerprint density at radius 1 is 1.40 bits per heavy atom. The van der Waals surface area contributed by atoms with E-state index in [1.807, 2.05) is 0 Å². The Balaban J connectivity index is 4.23. The highest BCUT2D eigenvalue weighted by Gasteiger charge is 2.11. The summed E-state index contributed by atoms with van der Waals surface area (Å²) < 4.78 is 0. The SMILES string of the molecule is CC=C(C)C(=O)C(=O)CC. The summed E-state index contributed by atoms with van der Waals surface area (Å²) in [6.07, 6.45) is 1.94. The Hall–Kier alpha value is -0.920. The van der Waals surface area contributed by atoms with Crippen molar-refractivity contribution in [3.05, 3.63) is 11.6 Å². The molecule has 0 amide bonds. The minimum absolute atomic E-state index is 0.296. The molecule has 0 aromatic rings. The lowest BCUT2D eigenvalue weighted by atomic mass is 10.1. The number of carbonyl (C=O) groups is 2. The van der Waals surface area contributed by atoms with Crippen LogP contribution >= 0.6 is 0 Å². The van der Waals surface area contributed by atoms with Gasteiger partial charge < -0.3 is 0 Å². The molecule has 0 aliphatic rings. The summed E-state index contributed by atoms with van der Waals surface area (Å²) in [5.41, 5.74) is 0.534. The predicted octanol–water partition coefficient (Wildman–Crippen LogP) is 1.50. The standard InChI is InChI=1S/C8H12O2/c1-4-6(3)8(10)7(9)5-2/h4H,5H2,1-3H3. The number of hydrogen-bond donors (Lipinski definition) is 0. The van der Waals surface area contributed by atoms with Crippen LogP contribution in [0.3, 0.4) is 0 Å². The largest absolute Gasteiger partial charge is 0.291 e. The molecule has 0 aromatic heterocycles. The van der Waals surface area contributed by atoms with Crippen LogP contribution < -0.4 is 0 Å². The topological polar surface area (TPSA) is 34.1 Å². The summed E-state index contributed by atoms with van der Waals surface area (Å²) in [7, 11) is 0. The molecular weight excluding hydrogens is 128 g/mol. The molecule has 0 saturated heterocycles. The van der Waals surface area contributed by atoms with Gasteiger partial charge in [-0.15, -0.1) is 0 Å². The van der Waals surface area contributed by atoms with Gasteiger partial charge in [0.05, 0.1) is 0 Å². The average molecular weight is 140 g/mol. The Kier molecular flexibility index (Phi) is 3.62. The van der Waals surface area contributed by atoms with Gasteiger partial charge in [-0.05, 0) is 19.4 Å². The summed E-state index contributed by atoms with van der Waals surface area (Å²) >= 11 is 0. The molecular formula is C8H12O2. The fourth-order valence-corrected chi connectivity index (χ4v) is 0.512. The maximum atomic E-state index is 10.9. The van der Waals surface area contributed by atoms with E-state index in [-0.39, 0.29) is 11.6 Å². The van der Waals surface area contributed by atoms with Crippen molar-refractivity contribution in [3.8, 4) is 0 Å². The third kappa shape index (κ3) is 2.13. The fraction of sp³-hybridized carbons (Fsp3) is 0.500. The van der Waals surface area contributed by atoms with Crippen molar-refractivity contribution >= 4 is 11.6 Å². The molecule has 0 spiro atoms. The zero-order chi connectivity index (χ0) is 8.15. The van der Waals surface area contributed by atoms with Gasteiger partial charge in [-0.25, -0.2) is 0 Å². The number of ketones is 2. The van der Waals surface area contributed by atoms with E-state index in [0.29, 0.717) is 12.0 Å². The molecule has 0 aliphatic carbocycles. The van der Waals surface area contributed by atoms with Gasteiger partial charge in [-0.2, -0.15) is 0 Å². The Bertz CT molecular complexity index is 178. The number of hydrogen-bond acceptors (Lipinski definition) is 2. The summed E-state index contributed by atoms with van der Waals surface area (Å²) in [4.78, 5) is 21.6. The van der Waals surface area contributed by atoms with Crippen molar-refractivity contribution in [1.29, 1.82) is 0 Å². The first-order valence-electron chi connectivity index (χ1n) is 3.33. The van der Waals surface area contributed by atoms with Gasteiger partial charge in [0.2, 0.25) is 11.6 Å². The first-order chi connectivity index (χ1) is 4.63. The second kappa shape index (κ2) is 3.99. The summed E-state index contributed by atoms with van der Waals surface area (Å²) in [6.45, 7) is 5.08. The molecule has 2 heteroatoms. The van der Waals surface area contributed by atoms with Crippen LogP contribution in [0.1, 0.15) is 27.2 Å². The normalized spacial score (nSPS) is 11.3. The molecule has 0 fully saturated rings. The quantitative estimate of drug-likeness (QED) is 0.439. The Morgan fingerprint density at radius 3 is 2.20 bits per heavy atom. The van der Waals surface area contributed by atoms with Crippen molar-refractivity contribution in [2.75, 3.05) is 0 Å². The third-order valence-electron chi connectivity index (χ3n) is 1.37. The Labute approximate surface area is 60.9 Å². The summed E-state index contributed by atoms with van der Waals surface area (Å²) in [5.74, 6) is -0.666. The highest BCUT2D eigenvalue weighted by Crippen LogP contribution is 1.96. The number of allylic oxidation sites excluding steroid dienone is 2. The van der Waals surface area contributed by atoms with Crippen LogP contribution in [-0.4, -0.2) is 11.6 Å². The fourth-order valence-electron chi connectivity index (χ4n) is 0.512. The van der Waals surface area contributed by atoms with Gasteiger partial charge in [0.15, 0.2) is 0 Å². The molecule has 0 heterocycles. The van der Waals surface area contributed by atoms with Gasteiger partial charge in [0.25, 0.3) is 0 Å². The van der Waals surface area contributed by atoms with E-state index in [9.17, 15) is 9.59 Å². The molecule has 0 saturated carbocycles. The monoisotopic (exact) mass is 140 g/mol. The predicted molar refractivity (Wildman–Crippen MR) is 39.7 cm³/mol. The van der Waals surface area contributed by atoms with Crippen molar-refractivity contribution in [2.45, 2.75) is 27.2 Å². The zero-order valence-electron chi connectivity index (χ0n) is 6.60.